The van der Waals surface area contributed by atoms with Gasteiger partial charge >= 0.3 is 0 Å². The SMILES string of the molecule is [NH3+]C12CCC(C1)C2. The molecule has 0 atom stereocenters. The summed E-state index contributed by atoms with van der Waals surface area (Å²) in [5, 5.41) is 0. The zero-order valence-electron chi connectivity index (χ0n) is 4.61. The van der Waals surface area contributed by atoms with E-state index in [9.17, 15) is 0 Å². The van der Waals surface area contributed by atoms with Gasteiger partial charge in [0.25, 0.3) is 0 Å². The van der Waals surface area contributed by atoms with E-state index in [0.29, 0.717) is 5.54 Å². The maximum absolute atomic E-state index is 4.14. The molecule has 2 bridgehead atoms. The minimum Gasteiger partial charge on any atom is -0.353 e. The van der Waals surface area contributed by atoms with Crippen LogP contribution in [0.5, 0.6) is 0 Å². The molecule has 0 aromatic heterocycles. The molecule has 3 aliphatic rings. The highest BCUT2D eigenvalue weighted by molar-refractivity contribution is 4.99. The Bertz CT molecular complexity index is 86.8. The molecule has 3 N–H and O–H groups in total. The summed E-state index contributed by atoms with van der Waals surface area (Å²) in [6.45, 7) is 0. The molecule has 0 amide bonds. The molecular weight excluding hydrogens is 86.1 g/mol. The van der Waals surface area contributed by atoms with E-state index in [1.807, 2.05) is 0 Å². The molecule has 0 radical (unpaired) electrons. The van der Waals surface area contributed by atoms with Gasteiger partial charge in [-0.3, -0.25) is 0 Å². The summed E-state index contributed by atoms with van der Waals surface area (Å²) in [6.07, 6.45) is 5.77. The summed E-state index contributed by atoms with van der Waals surface area (Å²) in [4.78, 5) is 0. The molecule has 0 spiro atoms. The van der Waals surface area contributed by atoms with E-state index in [2.05, 4.69) is 5.73 Å². The van der Waals surface area contributed by atoms with Gasteiger partial charge in [-0.2, -0.15) is 0 Å². The average molecular weight is 98.2 g/mol. The molecule has 1 nitrogen and oxygen atoms in total. The Kier molecular flexibility index (Phi) is 0.487. The van der Waals surface area contributed by atoms with Gasteiger partial charge in [-0.05, 0) is 12.3 Å². The largest absolute Gasteiger partial charge is 0.353 e. The summed E-state index contributed by atoms with van der Waals surface area (Å²) >= 11 is 0. The summed E-state index contributed by atoms with van der Waals surface area (Å²) < 4.78 is 0. The third-order valence-corrected chi connectivity index (χ3v) is 2.53. The molecule has 0 aromatic rings. The van der Waals surface area contributed by atoms with Crippen LogP contribution in [0.3, 0.4) is 0 Å². The fourth-order valence-electron chi connectivity index (χ4n) is 2.08. The lowest BCUT2D eigenvalue weighted by Gasteiger charge is -2.29. The highest BCUT2D eigenvalue weighted by Gasteiger charge is 2.50. The molecule has 3 saturated carbocycles. The van der Waals surface area contributed by atoms with Crippen molar-refractivity contribution < 1.29 is 5.73 Å². The maximum Gasteiger partial charge on any atom is 0.0951 e. The highest BCUT2D eigenvalue weighted by atomic mass is 14.8. The van der Waals surface area contributed by atoms with Crippen LogP contribution in [0, 0.1) is 5.92 Å². The Balaban J connectivity index is 2.20. The Morgan fingerprint density at radius 2 is 2.14 bits per heavy atom. The fourth-order valence-corrected chi connectivity index (χ4v) is 2.08. The molecule has 0 unspecified atom stereocenters. The van der Waals surface area contributed by atoms with Crippen molar-refractivity contribution in [3.05, 3.63) is 0 Å². The molecule has 0 aromatic carbocycles. The van der Waals surface area contributed by atoms with Gasteiger partial charge in [0, 0.05) is 19.3 Å². The van der Waals surface area contributed by atoms with E-state index < -0.39 is 0 Å². The van der Waals surface area contributed by atoms with Crippen molar-refractivity contribution in [2.45, 2.75) is 31.2 Å². The molecule has 40 valence electrons. The second-order valence-electron chi connectivity index (χ2n) is 3.31. The van der Waals surface area contributed by atoms with Gasteiger partial charge in [-0.25, -0.2) is 0 Å². The fraction of sp³-hybridized carbons (Fsp3) is 1.00. The molecule has 1 heteroatoms. The number of hydrogen-bond donors (Lipinski definition) is 1. The Morgan fingerprint density at radius 1 is 1.43 bits per heavy atom. The standard InChI is InChI=1S/C6H11N/c7-6-2-1-5(3-6)4-6/h5H,1-4,7H2/p+1. The zero-order chi connectivity index (χ0) is 4.91. The van der Waals surface area contributed by atoms with Crippen LogP contribution in [0.1, 0.15) is 25.7 Å². The van der Waals surface area contributed by atoms with Crippen molar-refractivity contribution >= 4 is 0 Å². The molecule has 3 aliphatic carbocycles. The first-order valence-corrected chi connectivity index (χ1v) is 3.14. The monoisotopic (exact) mass is 98.1 g/mol. The smallest absolute Gasteiger partial charge is 0.0951 e. The van der Waals surface area contributed by atoms with Crippen molar-refractivity contribution in [3.8, 4) is 0 Å². The number of hydrogen-bond acceptors (Lipinski definition) is 0. The average Bonchev–Trinajstić information content (AvgIpc) is 1.88. The first-order valence-electron chi connectivity index (χ1n) is 3.14. The molecule has 3 fully saturated rings. The topological polar surface area (TPSA) is 27.6 Å². The summed E-state index contributed by atoms with van der Waals surface area (Å²) in [7, 11) is 0. The van der Waals surface area contributed by atoms with Crippen molar-refractivity contribution in [3.63, 3.8) is 0 Å². The van der Waals surface area contributed by atoms with Crippen LogP contribution in [0.2, 0.25) is 0 Å². The third-order valence-electron chi connectivity index (χ3n) is 2.53. The van der Waals surface area contributed by atoms with Crippen molar-refractivity contribution in [2.75, 3.05) is 0 Å². The van der Waals surface area contributed by atoms with E-state index >= 15 is 0 Å². The van der Waals surface area contributed by atoms with Gasteiger partial charge in [0.15, 0.2) is 0 Å². The van der Waals surface area contributed by atoms with Gasteiger partial charge in [-0.15, -0.1) is 0 Å². The van der Waals surface area contributed by atoms with Gasteiger partial charge in [0.05, 0.1) is 5.54 Å². The number of rotatable bonds is 0. The molecular formula is C6H12N+. The van der Waals surface area contributed by atoms with Crippen LogP contribution in [0.25, 0.3) is 0 Å². The van der Waals surface area contributed by atoms with E-state index in [4.69, 9.17) is 0 Å². The lowest BCUT2D eigenvalue weighted by molar-refractivity contribution is -0.493. The lowest BCUT2D eigenvalue weighted by atomic mass is 9.78. The van der Waals surface area contributed by atoms with Crippen molar-refractivity contribution in [1.82, 2.24) is 0 Å². The van der Waals surface area contributed by atoms with Crippen LogP contribution in [0.15, 0.2) is 0 Å². The Labute approximate surface area is 43.9 Å². The minimum absolute atomic E-state index is 0.588. The van der Waals surface area contributed by atoms with E-state index in [1.165, 1.54) is 25.7 Å². The minimum atomic E-state index is 0.588. The van der Waals surface area contributed by atoms with Crippen LogP contribution in [0.4, 0.5) is 0 Å². The van der Waals surface area contributed by atoms with E-state index in [1.54, 1.807) is 0 Å². The predicted octanol–water partition coefficient (Wildman–Crippen LogP) is 0.171. The van der Waals surface area contributed by atoms with Crippen LogP contribution in [-0.2, 0) is 0 Å². The van der Waals surface area contributed by atoms with Crippen LogP contribution >= 0.6 is 0 Å². The summed E-state index contributed by atoms with van der Waals surface area (Å²) in [5.41, 5.74) is 4.72. The molecule has 0 aliphatic heterocycles. The predicted molar refractivity (Wildman–Crippen MR) is 27.6 cm³/mol. The van der Waals surface area contributed by atoms with Crippen molar-refractivity contribution in [1.29, 1.82) is 0 Å². The molecule has 3 rings (SSSR count). The molecule has 0 heterocycles. The normalized spacial score (nSPS) is 57.0. The summed E-state index contributed by atoms with van der Waals surface area (Å²) in [5.74, 6) is 1.09. The quantitative estimate of drug-likeness (QED) is 0.447. The van der Waals surface area contributed by atoms with E-state index in [-0.39, 0.29) is 0 Å². The third kappa shape index (κ3) is 0.367. The molecule has 7 heavy (non-hydrogen) atoms. The second kappa shape index (κ2) is 0.873. The maximum atomic E-state index is 4.14. The van der Waals surface area contributed by atoms with Gasteiger partial charge in [-0.1, -0.05) is 0 Å². The van der Waals surface area contributed by atoms with Gasteiger partial charge in [0.2, 0.25) is 0 Å². The van der Waals surface area contributed by atoms with E-state index in [0.717, 1.165) is 5.92 Å². The van der Waals surface area contributed by atoms with Crippen molar-refractivity contribution in [2.24, 2.45) is 5.92 Å². The second-order valence-corrected chi connectivity index (χ2v) is 3.31. The van der Waals surface area contributed by atoms with Crippen LogP contribution in [-0.4, -0.2) is 5.54 Å². The first kappa shape index (κ1) is 3.90. The van der Waals surface area contributed by atoms with Crippen LogP contribution < -0.4 is 5.73 Å². The zero-order valence-corrected chi connectivity index (χ0v) is 4.61. The van der Waals surface area contributed by atoms with Gasteiger partial charge in [0.1, 0.15) is 0 Å². The summed E-state index contributed by atoms with van der Waals surface area (Å²) in [6, 6.07) is 0. The Morgan fingerprint density at radius 3 is 2.29 bits per heavy atom. The number of fused-ring (bicyclic) bond motifs is 1. The molecule has 0 saturated heterocycles. The highest BCUT2D eigenvalue weighted by Crippen LogP contribution is 2.48. The lowest BCUT2D eigenvalue weighted by Crippen LogP contribution is -2.74. The Hall–Kier alpha value is -0.0400. The number of quaternary nitrogens is 1. The first-order chi connectivity index (χ1) is 3.29. The van der Waals surface area contributed by atoms with Gasteiger partial charge < -0.3 is 5.73 Å².